The SMILES string of the molecule is CCCNC(=S)Nc1cccc(OC)c1. The van der Waals surface area contributed by atoms with Crippen molar-refractivity contribution >= 4 is 23.0 Å². The summed E-state index contributed by atoms with van der Waals surface area (Å²) in [5.74, 6) is 0.818. The van der Waals surface area contributed by atoms with Gasteiger partial charge in [0, 0.05) is 18.3 Å². The van der Waals surface area contributed by atoms with E-state index in [0.717, 1.165) is 24.4 Å². The Bertz CT molecular complexity index is 328. The molecule has 4 heteroatoms. The number of hydrogen-bond acceptors (Lipinski definition) is 2. The van der Waals surface area contributed by atoms with E-state index >= 15 is 0 Å². The van der Waals surface area contributed by atoms with E-state index in [-0.39, 0.29) is 0 Å². The largest absolute Gasteiger partial charge is 0.497 e. The molecule has 15 heavy (non-hydrogen) atoms. The van der Waals surface area contributed by atoms with Crippen molar-refractivity contribution < 1.29 is 4.74 Å². The van der Waals surface area contributed by atoms with Crippen molar-refractivity contribution in [1.29, 1.82) is 0 Å². The average molecular weight is 224 g/mol. The third-order valence-corrected chi connectivity index (χ3v) is 2.11. The van der Waals surface area contributed by atoms with Crippen molar-refractivity contribution in [2.75, 3.05) is 19.0 Å². The number of nitrogens with one attached hydrogen (secondary N) is 2. The normalized spacial score (nSPS) is 9.47. The minimum atomic E-state index is 0.644. The first kappa shape index (κ1) is 11.8. The van der Waals surface area contributed by atoms with Crippen LogP contribution in [0.1, 0.15) is 13.3 Å². The maximum absolute atomic E-state index is 5.12. The molecule has 0 spiro atoms. The molecule has 1 aromatic rings. The van der Waals surface area contributed by atoms with E-state index in [2.05, 4.69) is 17.6 Å². The van der Waals surface area contributed by atoms with Crippen LogP contribution in [0.3, 0.4) is 0 Å². The summed E-state index contributed by atoms with van der Waals surface area (Å²) in [6.45, 7) is 2.98. The average Bonchev–Trinajstić information content (AvgIpc) is 2.26. The van der Waals surface area contributed by atoms with Gasteiger partial charge in [0.1, 0.15) is 5.75 Å². The second-order valence-corrected chi connectivity index (χ2v) is 3.52. The molecule has 0 fully saturated rings. The Morgan fingerprint density at radius 2 is 2.27 bits per heavy atom. The molecule has 0 aliphatic heterocycles. The number of rotatable bonds is 4. The summed E-state index contributed by atoms with van der Waals surface area (Å²) in [5.41, 5.74) is 0.933. The number of methoxy groups -OCH3 is 1. The fourth-order valence-corrected chi connectivity index (χ4v) is 1.33. The van der Waals surface area contributed by atoms with Crippen molar-refractivity contribution in [3.05, 3.63) is 24.3 Å². The van der Waals surface area contributed by atoms with Crippen molar-refractivity contribution in [2.24, 2.45) is 0 Å². The standard InChI is InChI=1S/C11H16N2OS/c1-3-7-12-11(15)13-9-5-4-6-10(8-9)14-2/h4-6,8H,3,7H2,1-2H3,(H2,12,13,15). The third kappa shape index (κ3) is 4.16. The summed E-state index contributed by atoms with van der Waals surface area (Å²) >= 11 is 5.12. The number of thiocarbonyl (C=S) groups is 1. The summed E-state index contributed by atoms with van der Waals surface area (Å²) in [6, 6.07) is 7.67. The zero-order valence-electron chi connectivity index (χ0n) is 9.04. The molecular formula is C11H16N2OS. The Balaban J connectivity index is 2.52. The second kappa shape index (κ2) is 6.24. The fraction of sp³-hybridized carbons (Fsp3) is 0.364. The number of hydrogen-bond donors (Lipinski definition) is 2. The van der Waals surface area contributed by atoms with E-state index in [1.54, 1.807) is 7.11 Å². The van der Waals surface area contributed by atoms with Gasteiger partial charge in [-0.15, -0.1) is 0 Å². The lowest BCUT2D eigenvalue weighted by molar-refractivity contribution is 0.415. The van der Waals surface area contributed by atoms with Crippen LogP contribution in [0.4, 0.5) is 5.69 Å². The first-order valence-corrected chi connectivity index (χ1v) is 5.36. The van der Waals surface area contributed by atoms with E-state index in [4.69, 9.17) is 17.0 Å². The van der Waals surface area contributed by atoms with Crippen LogP contribution in [-0.2, 0) is 0 Å². The van der Waals surface area contributed by atoms with Gasteiger partial charge in [-0.2, -0.15) is 0 Å². The van der Waals surface area contributed by atoms with Crippen LogP contribution in [0, 0.1) is 0 Å². The first-order valence-electron chi connectivity index (χ1n) is 4.95. The van der Waals surface area contributed by atoms with Crippen LogP contribution in [0.2, 0.25) is 0 Å². The summed E-state index contributed by atoms with van der Waals surface area (Å²) in [6.07, 6.45) is 1.06. The number of anilines is 1. The van der Waals surface area contributed by atoms with E-state index in [0.29, 0.717) is 5.11 Å². The highest BCUT2D eigenvalue weighted by Crippen LogP contribution is 2.16. The monoisotopic (exact) mass is 224 g/mol. The van der Waals surface area contributed by atoms with Crippen LogP contribution >= 0.6 is 12.2 Å². The second-order valence-electron chi connectivity index (χ2n) is 3.11. The molecule has 0 heterocycles. The molecule has 0 saturated carbocycles. The van der Waals surface area contributed by atoms with Gasteiger partial charge in [-0.3, -0.25) is 0 Å². The van der Waals surface area contributed by atoms with E-state index in [9.17, 15) is 0 Å². The first-order chi connectivity index (χ1) is 7.26. The summed E-state index contributed by atoms with van der Waals surface area (Å²) in [5, 5.41) is 6.83. The maximum atomic E-state index is 5.12. The van der Waals surface area contributed by atoms with E-state index in [1.807, 2.05) is 24.3 Å². The zero-order chi connectivity index (χ0) is 11.1. The van der Waals surface area contributed by atoms with E-state index in [1.165, 1.54) is 0 Å². The molecule has 0 aliphatic carbocycles. The predicted octanol–water partition coefficient (Wildman–Crippen LogP) is 2.39. The third-order valence-electron chi connectivity index (χ3n) is 1.86. The molecule has 0 unspecified atom stereocenters. The number of benzene rings is 1. The molecule has 1 aromatic carbocycles. The number of ether oxygens (including phenoxy) is 1. The van der Waals surface area contributed by atoms with Crippen LogP contribution in [0.5, 0.6) is 5.75 Å². The summed E-state index contributed by atoms with van der Waals surface area (Å²) < 4.78 is 5.11. The Hall–Kier alpha value is -1.29. The van der Waals surface area contributed by atoms with Crippen LogP contribution < -0.4 is 15.4 Å². The molecule has 0 amide bonds. The molecule has 0 saturated heterocycles. The molecule has 0 aromatic heterocycles. The Morgan fingerprint density at radius 3 is 2.93 bits per heavy atom. The van der Waals surface area contributed by atoms with Gasteiger partial charge < -0.3 is 15.4 Å². The van der Waals surface area contributed by atoms with Crippen LogP contribution in [0.25, 0.3) is 0 Å². The molecular weight excluding hydrogens is 208 g/mol. The molecule has 3 nitrogen and oxygen atoms in total. The molecule has 0 atom stereocenters. The van der Waals surface area contributed by atoms with Gasteiger partial charge in [0.05, 0.1) is 7.11 Å². The van der Waals surface area contributed by atoms with E-state index < -0.39 is 0 Å². The lowest BCUT2D eigenvalue weighted by Crippen LogP contribution is -2.28. The van der Waals surface area contributed by atoms with Crippen LogP contribution in [-0.4, -0.2) is 18.8 Å². The molecule has 82 valence electrons. The highest BCUT2D eigenvalue weighted by atomic mass is 32.1. The van der Waals surface area contributed by atoms with Crippen molar-refractivity contribution in [3.63, 3.8) is 0 Å². The van der Waals surface area contributed by atoms with Crippen LogP contribution in [0.15, 0.2) is 24.3 Å². The topological polar surface area (TPSA) is 33.3 Å². The van der Waals surface area contributed by atoms with Gasteiger partial charge in [-0.25, -0.2) is 0 Å². The van der Waals surface area contributed by atoms with Gasteiger partial charge >= 0.3 is 0 Å². The molecule has 0 bridgehead atoms. The van der Waals surface area contributed by atoms with Gasteiger partial charge in [-0.05, 0) is 30.8 Å². The minimum Gasteiger partial charge on any atom is -0.497 e. The summed E-state index contributed by atoms with van der Waals surface area (Å²) in [7, 11) is 1.65. The lowest BCUT2D eigenvalue weighted by Gasteiger charge is -2.10. The Labute approximate surface area is 95.8 Å². The highest BCUT2D eigenvalue weighted by molar-refractivity contribution is 7.80. The van der Waals surface area contributed by atoms with Crippen molar-refractivity contribution in [3.8, 4) is 5.75 Å². The Kier molecular flexibility index (Phi) is 4.90. The molecule has 1 rings (SSSR count). The molecule has 2 N–H and O–H groups in total. The van der Waals surface area contributed by atoms with Gasteiger partial charge in [0.2, 0.25) is 0 Å². The minimum absolute atomic E-state index is 0.644. The summed E-state index contributed by atoms with van der Waals surface area (Å²) in [4.78, 5) is 0. The zero-order valence-corrected chi connectivity index (χ0v) is 9.86. The van der Waals surface area contributed by atoms with Crippen molar-refractivity contribution in [1.82, 2.24) is 5.32 Å². The molecule has 0 aliphatic rings. The predicted molar refractivity (Wildman–Crippen MR) is 67.5 cm³/mol. The van der Waals surface area contributed by atoms with Gasteiger partial charge in [0.15, 0.2) is 5.11 Å². The quantitative estimate of drug-likeness (QED) is 0.769. The van der Waals surface area contributed by atoms with Gasteiger partial charge in [0.25, 0.3) is 0 Å². The van der Waals surface area contributed by atoms with Gasteiger partial charge in [-0.1, -0.05) is 13.0 Å². The lowest BCUT2D eigenvalue weighted by atomic mass is 10.3. The molecule has 0 radical (unpaired) electrons. The fourth-order valence-electron chi connectivity index (χ4n) is 1.11. The van der Waals surface area contributed by atoms with Crippen molar-refractivity contribution in [2.45, 2.75) is 13.3 Å². The Morgan fingerprint density at radius 1 is 1.47 bits per heavy atom. The smallest absolute Gasteiger partial charge is 0.170 e. The maximum Gasteiger partial charge on any atom is 0.170 e. The highest BCUT2D eigenvalue weighted by Gasteiger charge is 1.97.